The summed E-state index contributed by atoms with van der Waals surface area (Å²) in [6, 6.07) is 7.66. The molecule has 7 nitrogen and oxygen atoms in total. The number of nitrogens with two attached hydrogens (primary N) is 1. The maximum Gasteiger partial charge on any atom is 0.534 e. The molecule has 12 heteroatoms. The molecule has 0 unspecified atom stereocenters. The van der Waals surface area contributed by atoms with Crippen molar-refractivity contribution in [1.82, 2.24) is 4.98 Å². The van der Waals surface area contributed by atoms with E-state index >= 15 is 0 Å². The molecule has 25 heavy (non-hydrogen) atoms. The minimum atomic E-state index is -5.74. The second kappa shape index (κ2) is 6.66. The third-order valence-corrected chi connectivity index (χ3v) is 3.99. The van der Waals surface area contributed by atoms with Crippen molar-refractivity contribution in [2.75, 3.05) is 11.1 Å². The average Bonchev–Trinajstić information content (AvgIpc) is 2.47. The average molecular weight is 393 g/mol. The predicted molar refractivity (Wildman–Crippen MR) is 83.7 cm³/mol. The second-order valence-electron chi connectivity index (χ2n) is 4.51. The van der Waals surface area contributed by atoms with Crippen molar-refractivity contribution >= 4 is 38.9 Å². The molecule has 3 N–H and O–H groups in total. The van der Waals surface area contributed by atoms with Crippen molar-refractivity contribution in [1.29, 1.82) is 5.26 Å². The minimum Gasteiger partial charge on any atom is -0.397 e. The van der Waals surface area contributed by atoms with Gasteiger partial charge in [-0.3, -0.25) is 0 Å². The van der Waals surface area contributed by atoms with Crippen LogP contribution in [0.4, 0.5) is 30.4 Å². The first kappa shape index (κ1) is 18.6. The molecule has 0 saturated carbocycles. The lowest BCUT2D eigenvalue weighted by Crippen LogP contribution is -2.28. The molecule has 1 aromatic heterocycles. The Hall–Kier alpha value is -2.71. The largest absolute Gasteiger partial charge is 0.534 e. The van der Waals surface area contributed by atoms with E-state index in [0.29, 0.717) is 5.69 Å². The van der Waals surface area contributed by atoms with Crippen molar-refractivity contribution in [3.63, 3.8) is 0 Å². The molecule has 0 aliphatic rings. The summed E-state index contributed by atoms with van der Waals surface area (Å²) in [5, 5.41) is 11.5. The highest BCUT2D eigenvalue weighted by molar-refractivity contribution is 7.88. The standard InChI is InChI=1S/C13H8ClF3N4O3S/c14-12-9(6-18)10(19)5-11(21-12)20-7-1-3-8(4-2-7)24-25(22,23)13(15,16)17/h1-5H,(H3,19,20,21). The third kappa shape index (κ3) is 4.23. The summed E-state index contributed by atoms with van der Waals surface area (Å²) in [6.45, 7) is 0. The van der Waals surface area contributed by atoms with Gasteiger partial charge in [-0.25, -0.2) is 4.98 Å². The number of aromatic nitrogens is 1. The number of nitriles is 1. The van der Waals surface area contributed by atoms with Crippen LogP contribution in [-0.2, 0) is 10.1 Å². The topological polar surface area (TPSA) is 118 Å². The van der Waals surface area contributed by atoms with E-state index in [1.807, 2.05) is 0 Å². The summed E-state index contributed by atoms with van der Waals surface area (Å²) in [6.07, 6.45) is 0. The lowest BCUT2D eigenvalue weighted by atomic mass is 10.2. The van der Waals surface area contributed by atoms with E-state index in [-0.39, 0.29) is 22.2 Å². The van der Waals surface area contributed by atoms with E-state index in [1.54, 1.807) is 6.07 Å². The fourth-order valence-electron chi connectivity index (χ4n) is 1.62. The molecule has 0 fully saturated rings. The summed E-state index contributed by atoms with van der Waals surface area (Å²) in [5.41, 5.74) is 0.547. The summed E-state index contributed by atoms with van der Waals surface area (Å²) in [5.74, 6) is -0.341. The van der Waals surface area contributed by atoms with Crippen LogP contribution in [0.25, 0.3) is 0 Å². The first-order chi connectivity index (χ1) is 11.5. The van der Waals surface area contributed by atoms with Crippen LogP contribution in [0.5, 0.6) is 5.75 Å². The number of alkyl halides is 3. The maximum atomic E-state index is 12.2. The molecule has 1 aromatic carbocycles. The molecule has 2 aromatic rings. The molecule has 0 aliphatic carbocycles. The van der Waals surface area contributed by atoms with E-state index in [0.717, 1.165) is 12.1 Å². The van der Waals surface area contributed by atoms with Crippen molar-refractivity contribution in [2.24, 2.45) is 0 Å². The number of pyridine rings is 1. The van der Waals surface area contributed by atoms with Gasteiger partial charge in [-0.1, -0.05) is 11.6 Å². The van der Waals surface area contributed by atoms with E-state index in [2.05, 4.69) is 14.5 Å². The van der Waals surface area contributed by atoms with Gasteiger partial charge in [0, 0.05) is 11.8 Å². The quantitative estimate of drug-likeness (QED) is 0.466. The molecule has 1 heterocycles. The highest BCUT2D eigenvalue weighted by Crippen LogP contribution is 2.29. The zero-order chi connectivity index (χ0) is 18.8. The van der Waals surface area contributed by atoms with Gasteiger partial charge < -0.3 is 15.2 Å². The van der Waals surface area contributed by atoms with Crippen molar-refractivity contribution in [2.45, 2.75) is 5.51 Å². The highest BCUT2D eigenvalue weighted by Gasteiger charge is 2.48. The number of nitrogens with one attached hydrogen (secondary N) is 1. The molecule has 0 radical (unpaired) electrons. The number of hydrogen-bond donors (Lipinski definition) is 2. The Morgan fingerprint density at radius 3 is 2.36 bits per heavy atom. The molecule has 0 spiro atoms. The van der Waals surface area contributed by atoms with Gasteiger partial charge in [-0.2, -0.15) is 26.9 Å². The number of rotatable bonds is 4. The minimum absolute atomic E-state index is 0.00771. The highest BCUT2D eigenvalue weighted by atomic mass is 35.5. The van der Waals surface area contributed by atoms with E-state index in [9.17, 15) is 21.6 Å². The Bertz CT molecular complexity index is 917. The lowest BCUT2D eigenvalue weighted by Gasteiger charge is -2.11. The molecular weight excluding hydrogens is 385 g/mol. The summed E-state index contributed by atoms with van der Waals surface area (Å²) in [7, 11) is -5.74. The van der Waals surface area contributed by atoms with Crippen LogP contribution in [0.3, 0.4) is 0 Å². The van der Waals surface area contributed by atoms with Gasteiger partial charge in [0.1, 0.15) is 23.2 Å². The van der Waals surface area contributed by atoms with Crippen LogP contribution in [0, 0.1) is 11.3 Å². The van der Waals surface area contributed by atoms with Crippen LogP contribution in [0.1, 0.15) is 5.56 Å². The number of nitrogen functional groups attached to an aromatic ring is 1. The van der Waals surface area contributed by atoms with Gasteiger partial charge in [0.2, 0.25) is 0 Å². The maximum absolute atomic E-state index is 12.2. The monoisotopic (exact) mass is 392 g/mol. The Morgan fingerprint density at radius 1 is 1.28 bits per heavy atom. The zero-order valence-electron chi connectivity index (χ0n) is 12.0. The predicted octanol–water partition coefficient (Wildman–Crippen LogP) is 3.16. The summed E-state index contributed by atoms with van der Waals surface area (Å²) >= 11 is 5.79. The van der Waals surface area contributed by atoms with Crippen LogP contribution < -0.4 is 15.2 Å². The smallest absolute Gasteiger partial charge is 0.397 e. The van der Waals surface area contributed by atoms with Crippen molar-refractivity contribution in [3.8, 4) is 11.8 Å². The SMILES string of the molecule is N#Cc1c(N)cc(Nc2ccc(OS(=O)(=O)C(F)(F)F)cc2)nc1Cl. The molecular formula is C13H8ClF3N4O3S. The normalized spacial score (nSPS) is 11.6. The molecule has 0 amide bonds. The van der Waals surface area contributed by atoms with E-state index in [4.69, 9.17) is 22.6 Å². The Morgan fingerprint density at radius 2 is 1.88 bits per heavy atom. The van der Waals surface area contributed by atoms with Gasteiger partial charge in [0.15, 0.2) is 5.15 Å². The van der Waals surface area contributed by atoms with Crippen molar-refractivity contribution in [3.05, 3.63) is 41.0 Å². The number of hydrogen-bond acceptors (Lipinski definition) is 7. The van der Waals surface area contributed by atoms with Crippen LogP contribution in [0.2, 0.25) is 5.15 Å². The summed E-state index contributed by atoms with van der Waals surface area (Å²) < 4.78 is 62.5. The fraction of sp³-hybridized carbons (Fsp3) is 0.0769. The van der Waals surface area contributed by atoms with Gasteiger partial charge in [0.05, 0.1) is 5.69 Å². The van der Waals surface area contributed by atoms with E-state index < -0.39 is 21.4 Å². The van der Waals surface area contributed by atoms with Crippen LogP contribution in [-0.4, -0.2) is 18.9 Å². The third-order valence-electron chi connectivity index (χ3n) is 2.73. The van der Waals surface area contributed by atoms with Gasteiger partial charge in [0.25, 0.3) is 0 Å². The first-order valence-electron chi connectivity index (χ1n) is 6.27. The fourth-order valence-corrected chi connectivity index (χ4v) is 2.32. The summed E-state index contributed by atoms with van der Waals surface area (Å²) in [4.78, 5) is 3.89. The number of nitrogens with zero attached hydrogens (tertiary/aromatic N) is 2. The molecule has 0 saturated heterocycles. The van der Waals surface area contributed by atoms with Crippen molar-refractivity contribution < 1.29 is 25.8 Å². The Balaban J connectivity index is 2.18. The molecule has 2 rings (SSSR count). The zero-order valence-corrected chi connectivity index (χ0v) is 13.6. The van der Waals surface area contributed by atoms with Gasteiger partial charge in [-0.05, 0) is 24.3 Å². The van der Waals surface area contributed by atoms with Gasteiger partial charge >= 0.3 is 15.6 Å². The van der Waals surface area contributed by atoms with Gasteiger partial charge in [-0.15, -0.1) is 0 Å². The first-order valence-corrected chi connectivity index (χ1v) is 8.06. The van der Waals surface area contributed by atoms with E-state index in [1.165, 1.54) is 18.2 Å². The number of halogens is 4. The molecule has 0 atom stereocenters. The second-order valence-corrected chi connectivity index (χ2v) is 6.40. The van der Waals surface area contributed by atoms with Crippen LogP contribution in [0.15, 0.2) is 30.3 Å². The number of anilines is 3. The van der Waals surface area contributed by atoms with Crippen LogP contribution >= 0.6 is 11.6 Å². The molecule has 0 aliphatic heterocycles. The number of benzene rings is 1. The molecule has 132 valence electrons. The Labute approximate surface area is 144 Å². The molecule has 0 bridgehead atoms. The Kier molecular flexibility index (Phi) is 4.96. The lowest BCUT2D eigenvalue weighted by molar-refractivity contribution is -0.0500.